The van der Waals surface area contributed by atoms with Gasteiger partial charge in [0.05, 0.1) is 23.4 Å². The van der Waals surface area contributed by atoms with Gasteiger partial charge < -0.3 is 10.1 Å². The zero-order valence-corrected chi connectivity index (χ0v) is 15.8. The molecule has 0 aliphatic rings. The summed E-state index contributed by atoms with van der Waals surface area (Å²) in [5.41, 5.74) is 1.95. The topological polar surface area (TPSA) is 116 Å². The van der Waals surface area contributed by atoms with E-state index in [2.05, 4.69) is 10.4 Å². The van der Waals surface area contributed by atoms with Gasteiger partial charge in [-0.1, -0.05) is 6.07 Å². The van der Waals surface area contributed by atoms with Crippen molar-refractivity contribution < 1.29 is 14.5 Å². The number of aromatic nitrogens is 2. The minimum absolute atomic E-state index is 0.0476. The first-order chi connectivity index (χ1) is 13.9. The van der Waals surface area contributed by atoms with Gasteiger partial charge in [-0.3, -0.25) is 19.7 Å². The Morgan fingerprint density at radius 1 is 1.17 bits per heavy atom. The zero-order chi connectivity index (χ0) is 21.0. The SMILES string of the molecule is COc1ccc(C)cc1NC(=O)Cn1nc(-c2ccc([N+](=O)[O-])cc2)ccc1=O. The van der Waals surface area contributed by atoms with Crippen molar-refractivity contribution in [1.29, 1.82) is 0 Å². The predicted molar refractivity (Wildman–Crippen MR) is 107 cm³/mol. The number of nitrogens with one attached hydrogen (secondary N) is 1. The fourth-order valence-corrected chi connectivity index (χ4v) is 2.72. The third kappa shape index (κ3) is 4.64. The van der Waals surface area contributed by atoms with Crippen LogP contribution in [0.2, 0.25) is 0 Å². The Bertz CT molecular complexity index is 1120. The van der Waals surface area contributed by atoms with Crippen molar-refractivity contribution in [3.05, 3.63) is 80.6 Å². The van der Waals surface area contributed by atoms with Gasteiger partial charge in [0.1, 0.15) is 12.3 Å². The minimum atomic E-state index is -0.498. The predicted octanol–water partition coefficient (Wildman–Crippen LogP) is 2.77. The molecule has 0 atom stereocenters. The molecule has 0 saturated carbocycles. The van der Waals surface area contributed by atoms with E-state index < -0.39 is 16.4 Å². The van der Waals surface area contributed by atoms with E-state index in [9.17, 15) is 19.7 Å². The van der Waals surface area contributed by atoms with Gasteiger partial charge in [-0.25, -0.2) is 4.68 Å². The second kappa shape index (κ2) is 8.34. The lowest BCUT2D eigenvalue weighted by molar-refractivity contribution is -0.384. The Labute approximate surface area is 165 Å². The van der Waals surface area contributed by atoms with Crippen LogP contribution in [0.15, 0.2) is 59.4 Å². The highest BCUT2D eigenvalue weighted by Gasteiger charge is 2.12. The number of amides is 1. The lowest BCUT2D eigenvalue weighted by Gasteiger charge is -2.12. The lowest BCUT2D eigenvalue weighted by Crippen LogP contribution is -2.29. The molecule has 3 rings (SSSR count). The normalized spacial score (nSPS) is 10.4. The number of anilines is 1. The van der Waals surface area contributed by atoms with E-state index in [0.29, 0.717) is 22.7 Å². The first-order valence-corrected chi connectivity index (χ1v) is 8.65. The number of hydrogen-bond acceptors (Lipinski definition) is 6. The molecule has 1 N–H and O–H groups in total. The molecule has 0 aliphatic heterocycles. The number of nitrogens with zero attached hydrogens (tertiary/aromatic N) is 3. The molecule has 1 aromatic heterocycles. The molecule has 29 heavy (non-hydrogen) atoms. The van der Waals surface area contributed by atoms with Gasteiger partial charge in [-0.05, 0) is 42.8 Å². The van der Waals surface area contributed by atoms with Crippen LogP contribution in [0.1, 0.15) is 5.56 Å². The number of methoxy groups -OCH3 is 1. The van der Waals surface area contributed by atoms with E-state index >= 15 is 0 Å². The number of rotatable bonds is 6. The van der Waals surface area contributed by atoms with Gasteiger partial charge in [0.2, 0.25) is 5.91 Å². The summed E-state index contributed by atoms with van der Waals surface area (Å²) in [6, 6.07) is 13.9. The molecule has 2 aromatic carbocycles. The second-order valence-electron chi connectivity index (χ2n) is 6.27. The fourth-order valence-electron chi connectivity index (χ4n) is 2.72. The standard InChI is InChI=1S/C20H18N4O5/c1-13-3-9-18(29-2)17(11-13)21-19(25)12-23-20(26)10-8-16(22-23)14-4-6-15(7-5-14)24(27)28/h3-11H,12H2,1-2H3,(H,21,25). The van der Waals surface area contributed by atoms with E-state index in [0.717, 1.165) is 10.2 Å². The van der Waals surface area contributed by atoms with Crippen LogP contribution >= 0.6 is 0 Å². The number of carbonyl (C=O) groups excluding carboxylic acids is 1. The largest absolute Gasteiger partial charge is 0.495 e. The maximum absolute atomic E-state index is 12.4. The van der Waals surface area contributed by atoms with Crippen molar-refractivity contribution in [3.8, 4) is 17.0 Å². The van der Waals surface area contributed by atoms with Crippen molar-refractivity contribution in [2.24, 2.45) is 0 Å². The first-order valence-electron chi connectivity index (χ1n) is 8.65. The van der Waals surface area contributed by atoms with Crippen LogP contribution in [-0.2, 0) is 11.3 Å². The molecular formula is C20H18N4O5. The Kier molecular flexibility index (Phi) is 5.68. The Hall–Kier alpha value is -4.01. The van der Waals surface area contributed by atoms with Gasteiger partial charge in [0, 0.05) is 23.8 Å². The maximum atomic E-state index is 12.4. The monoisotopic (exact) mass is 394 g/mol. The summed E-state index contributed by atoms with van der Waals surface area (Å²) in [4.78, 5) is 34.8. The van der Waals surface area contributed by atoms with Crippen LogP contribution in [0.4, 0.5) is 11.4 Å². The van der Waals surface area contributed by atoms with E-state index in [1.165, 1.54) is 43.5 Å². The molecule has 148 valence electrons. The van der Waals surface area contributed by atoms with Crippen LogP contribution in [0.3, 0.4) is 0 Å². The lowest BCUT2D eigenvalue weighted by atomic mass is 10.1. The molecular weight excluding hydrogens is 376 g/mol. The third-order valence-corrected chi connectivity index (χ3v) is 4.16. The van der Waals surface area contributed by atoms with Crippen LogP contribution < -0.4 is 15.6 Å². The number of non-ortho nitro benzene ring substituents is 1. The molecule has 1 amide bonds. The number of ether oxygens (including phenoxy) is 1. The summed E-state index contributed by atoms with van der Waals surface area (Å²) in [6.45, 7) is 1.59. The minimum Gasteiger partial charge on any atom is -0.495 e. The number of aryl methyl sites for hydroxylation is 1. The summed E-state index contributed by atoms with van der Waals surface area (Å²) in [5, 5.41) is 17.7. The third-order valence-electron chi connectivity index (χ3n) is 4.16. The molecule has 0 unspecified atom stereocenters. The summed E-state index contributed by atoms with van der Waals surface area (Å²) in [5.74, 6) is 0.0632. The Morgan fingerprint density at radius 2 is 1.90 bits per heavy atom. The Balaban J connectivity index is 1.81. The molecule has 1 heterocycles. The maximum Gasteiger partial charge on any atom is 0.269 e. The van der Waals surface area contributed by atoms with E-state index in [1.54, 1.807) is 12.1 Å². The number of hydrogen-bond donors (Lipinski definition) is 1. The molecule has 0 spiro atoms. The van der Waals surface area contributed by atoms with Crippen molar-refractivity contribution in [1.82, 2.24) is 9.78 Å². The van der Waals surface area contributed by atoms with Crippen molar-refractivity contribution in [3.63, 3.8) is 0 Å². The first kappa shape index (κ1) is 19.7. The van der Waals surface area contributed by atoms with E-state index in [-0.39, 0.29) is 12.2 Å². The van der Waals surface area contributed by atoms with Crippen molar-refractivity contribution in [2.75, 3.05) is 12.4 Å². The molecule has 9 heteroatoms. The Morgan fingerprint density at radius 3 is 2.55 bits per heavy atom. The summed E-state index contributed by atoms with van der Waals surface area (Å²) in [7, 11) is 1.50. The average molecular weight is 394 g/mol. The van der Waals surface area contributed by atoms with Crippen LogP contribution in [0.5, 0.6) is 5.75 Å². The molecule has 9 nitrogen and oxygen atoms in total. The number of benzene rings is 2. The van der Waals surface area contributed by atoms with Crippen molar-refractivity contribution in [2.45, 2.75) is 13.5 Å². The quantitative estimate of drug-likeness (QED) is 0.508. The smallest absolute Gasteiger partial charge is 0.269 e. The molecule has 0 radical (unpaired) electrons. The highest BCUT2D eigenvalue weighted by molar-refractivity contribution is 5.92. The number of nitro groups is 1. The van der Waals surface area contributed by atoms with Gasteiger partial charge in [0.25, 0.3) is 11.2 Å². The average Bonchev–Trinajstić information content (AvgIpc) is 2.70. The van der Waals surface area contributed by atoms with Gasteiger partial charge in [-0.2, -0.15) is 5.10 Å². The zero-order valence-electron chi connectivity index (χ0n) is 15.8. The van der Waals surface area contributed by atoms with Crippen LogP contribution in [-0.4, -0.2) is 27.7 Å². The summed E-state index contributed by atoms with van der Waals surface area (Å²) < 4.78 is 6.27. The fraction of sp³-hybridized carbons (Fsp3) is 0.150. The highest BCUT2D eigenvalue weighted by Crippen LogP contribution is 2.25. The molecule has 3 aromatic rings. The highest BCUT2D eigenvalue weighted by atomic mass is 16.6. The van der Waals surface area contributed by atoms with E-state index in [1.807, 2.05) is 13.0 Å². The number of carbonyl (C=O) groups is 1. The van der Waals surface area contributed by atoms with Crippen molar-refractivity contribution >= 4 is 17.3 Å². The molecule has 0 fully saturated rings. The van der Waals surface area contributed by atoms with Gasteiger partial charge in [0.15, 0.2) is 0 Å². The summed E-state index contributed by atoms with van der Waals surface area (Å²) >= 11 is 0. The number of nitro benzene ring substituents is 1. The second-order valence-corrected chi connectivity index (χ2v) is 6.27. The molecule has 0 aliphatic carbocycles. The molecule has 0 bridgehead atoms. The van der Waals surface area contributed by atoms with Gasteiger partial charge >= 0.3 is 0 Å². The van der Waals surface area contributed by atoms with Gasteiger partial charge in [-0.15, -0.1) is 0 Å². The van der Waals surface area contributed by atoms with Crippen LogP contribution in [0, 0.1) is 17.0 Å². The van der Waals surface area contributed by atoms with E-state index in [4.69, 9.17) is 4.74 Å². The summed E-state index contributed by atoms with van der Waals surface area (Å²) in [6.07, 6.45) is 0. The molecule has 0 saturated heterocycles. The van der Waals surface area contributed by atoms with Crippen LogP contribution in [0.25, 0.3) is 11.3 Å².